The fourth-order valence-electron chi connectivity index (χ4n) is 2.82. The molecule has 0 bridgehead atoms. The highest BCUT2D eigenvalue weighted by Crippen LogP contribution is 2.30. The first-order chi connectivity index (χ1) is 10.6. The first-order valence-electron chi connectivity index (χ1n) is 7.87. The van der Waals surface area contributed by atoms with Gasteiger partial charge in [-0.05, 0) is 36.8 Å². The average molecular weight is 305 g/mol. The lowest BCUT2D eigenvalue weighted by atomic mass is 9.86. The van der Waals surface area contributed by atoms with Gasteiger partial charge in [-0.1, -0.05) is 31.5 Å². The van der Waals surface area contributed by atoms with E-state index in [1.165, 1.54) is 0 Å². The number of carboxylic acids is 1. The number of carboxylic acid groups (broad SMARTS) is 1. The van der Waals surface area contributed by atoms with Crippen LogP contribution in [0.15, 0.2) is 24.3 Å². The summed E-state index contributed by atoms with van der Waals surface area (Å²) < 4.78 is 5.22. The third kappa shape index (κ3) is 4.00. The molecule has 5 heteroatoms. The summed E-state index contributed by atoms with van der Waals surface area (Å²) >= 11 is 0. The van der Waals surface area contributed by atoms with Crippen molar-refractivity contribution in [2.75, 3.05) is 19.7 Å². The first kappa shape index (κ1) is 16.3. The predicted octanol–water partition coefficient (Wildman–Crippen LogP) is 3.50. The van der Waals surface area contributed by atoms with Crippen LogP contribution < -0.4 is 0 Å². The Balaban J connectivity index is 1.92. The minimum Gasteiger partial charge on any atom is -0.478 e. The molecule has 0 spiro atoms. The van der Waals surface area contributed by atoms with Crippen molar-refractivity contribution in [1.82, 2.24) is 4.90 Å². The van der Waals surface area contributed by atoms with Gasteiger partial charge in [-0.2, -0.15) is 0 Å². The largest absolute Gasteiger partial charge is 0.478 e. The Morgan fingerprint density at radius 3 is 2.59 bits per heavy atom. The van der Waals surface area contributed by atoms with Crippen molar-refractivity contribution in [2.45, 2.75) is 38.5 Å². The van der Waals surface area contributed by atoms with Crippen LogP contribution in [0.4, 0.5) is 4.79 Å². The maximum Gasteiger partial charge on any atom is 0.409 e. The minimum atomic E-state index is -0.892. The van der Waals surface area contributed by atoms with Crippen molar-refractivity contribution in [1.29, 1.82) is 0 Å². The second-order valence-electron chi connectivity index (χ2n) is 5.62. The summed E-state index contributed by atoms with van der Waals surface area (Å²) in [5, 5.41) is 9.27. The zero-order chi connectivity index (χ0) is 15.9. The van der Waals surface area contributed by atoms with Crippen LogP contribution in [0.25, 0.3) is 0 Å². The summed E-state index contributed by atoms with van der Waals surface area (Å²) in [6.07, 6.45) is 3.17. The van der Waals surface area contributed by atoms with E-state index in [-0.39, 0.29) is 12.0 Å². The molecule has 1 aliphatic rings. The average Bonchev–Trinajstić information content (AvgIpc) is 2.55. The molecule has 1 amide bonds. The lowest BCUT2D eigenvalue weighted by molar-refractivity contribution is 0.0691. The Morgan fingerprint density at radius 2 is 1.95 bits per heavy atom. The molecule has 1 fully saturated rings. The van der Waals surface area contributed by atoms with E-state index in [9.17, 15) is 14.7 Å². The van der Waals surface area contributed by atoms with Gasteiger partial charge in [-0.25, -0.2) is 9.59 Å². The van der Waals surface area contributed by atoms with E-state index in [0.717, 1.165) is 31.2 Å². The molecule has 0 atom stereocenters. The SMILES string of the molecule is CCCCOC(=O)N1CCC(c2ccccc2C(=O)O)CC1. The van der Waals surface area contributed by atoms with Crippen LogP contribution in [-0.4, -0.2) is 41.8 Å². The molecule has 1 saturated heterocycles. The second kappa shape index (κ2) is 7.82. The van der Waals surface area contributed by atoms with Gasteiger partial charge in [0.05, 0.1) is 12.2 Å². The van der Waals surface area contributed by atoms with Crippen LogP contribution in [0, 0.1) is 0 Å². The van der Waals surface area contributed by atoms with Crippen molar-refractivity contribution >= 4 is 12.1 Å². The molecular formula is C17H23NO4. The van der Waals surface area contributed by atoms with Crippen LogP contribution in [0.5, 0.6) is 0 Å². The molecule has 5 nitrogen and oxygen atoms in total. The molecule has 1 N–H and O–H groups in total. The van der Waals surface area contributed by atoms with Gasteiger partial charge in [0, 0.05) is 13.1 Å². The normalized spacial score (nSPS) is 15.6. The number of unbranched alkanes of at least 4 members (excludes halogenated alkanes) is 1. The minimum absolute atomic E-state index is 0.187. The van der Waals surface area contributed by atoms with E-state index in [0.29, 0.717) is 25.3 Å². The van der Waals surface area contributed by atoms with Gasteiger partial charge >= 0.3 is 12.1 Å². The maximum atomic E-state index is 11.9. The van der Waals surface area contributed by atoms with Crippen LogP contribution in [0.1, 0.15) is 54.4 Å². The van der Waals surface area contributed by atoms with Gasteiger partial charge in [0.2, 0.25) is 0 Å². The lowest BCUT2D eigenvalue weighted by Gasteiger charge is -2.32. The zero-order valence-electron chi connectivity index (χ0n) is 13.0. The summed E-state index contributed by atoms with van der Waals surface area (Å²) in [5.41, 5.74) is 1.24. The molecule has 120 valence electrons. The Labute approximate surface area is 130 Å². The zero-order valence-corrected chi connectivity index (χ0v) is 13.0. The number of carbonyl (C=O) groups is 2. The molecule has 1 aromatic carbocycles. The molecule has 2 rings (SSSR count). The quantitative estimate of drug-likeness (QED) is 0.845. The molecule has 1 heterocycles. The van der Waals surface area contributed by atoms with Crippen molar-refractivity contribution in [3.8, 4) is 0 Å². The number of benzene rings is 1. The monoisotopic (exact) mass is 305 g/mol. The number of aromatic carboxylic acids is 1. The van der Waals surface area contributed by atoms with Crippen LogP contribution in [0.2, 0.25) is 0 Å². The van der Waals surface area contributed by atoms with E-state index in [1.54, 1.807) is 17.0 Å². The highest BCUT2D eigenvalue weighted by atomic mass is 16.6. The van der Waals surface area contributed by atoms with Gasteiger partial charge in [-0.15, -0.1) is 0 Å². The van der Waals surface area contributed by atoms with E-state index in [1.807, 2.05) is 12.1 Å². The predicted molar refractivity (Wildman–Crippen MR) is 83.2 cm³/mol. The van der Waals surface area contributed by atoms with E-state index in [4.69, 9.17) is 4.74 Å². The van der Waals surface area contributed by atoms with Crippen molar-refractivity contribution in [2.24, 2.45) is 0 Å². The summed E-state index contributed by atoms with van der Waals surface area (Å²) in [6.45, 7) is 3.75. The third-order valence-corrected chi connectivity index (χ3v) is 4.11. The Morgan fingerprint density at radius 1 is 1.27 bits per heavy atom. The molecule has 0 aliphatic carbocycles. The first-order valence-corrected chi connectivity index (χ1v) is 7.87. The molecule has 1 aromatic rings. The standard InChI is InChI=1S/C17H23NO4/c1-2-3-12-22-17(21)18-10-8-13(9-11-18)14-6-4-5-7-15(14)16(19)20/h4-7,13H,2-3,8-12H2,1H3,(H,19,20). The number of hydrogen-bond acceptors (Lipinski definition) is 3. The molecule has 0 radical (unpaired) electrons. The molecule has 0 unspecified atom stereocenters. The van der Waals surface area contributed by atoms with Crippen LogP contribution in [-0.2, 0) is 4.74 Å². The Kier molecular flexibility index (Phi) is 5.81. The smallest absolute Gasteiger partial charge is 0.409 e. The highest BCUT2D eigenvalue weighted by Gasteiger charge is 2.26. The second-order valence-corrected chi connectivity index (χ2v) is 5.62. The highest BCUT2D eigenvalue weighted by molar-refractivity contribution is 5.89. The summed E-state index contributed by atoms with van der Waals surface area (Å²) in [6, 6.07) is 7.13. The van der Waals surface area contributed by atoms with Crippen molar-refractivity contribution in [3.63, 3.8) is 0 Å². The third-order valence-electron chi connectivity index (χ3n) is 4.11. The van der Waals surface area contributed by atoms with Gasteiger partial charge in [0.15, 0.2) is 0 Å². The molecule has 22 heavy (non-hydrogen) atoms. The van der Waals surface area contributed by atoms with Crippen LogP contribution >= 0.6 is 0 Å². The van der Waals surface area contributed by atoms with E-state index in [2.05, 4.69) is 6.92 Å². The molecule has 1 aliphatic heterocycles. The van der Waals surface area contributed by atoms with E-state index < -0.39 is 5.97 Å². The Hall–Kier alpha value is -2.04. The number of rotatable bonds is 5. The van der Waals surface area contributed by atoms with Crippen molar-refractivity contribution in [3.05, 3.63) is 35.4 Å². The number of ether oxygens (including phenoxy) is 1. The van der Waals surface area contributed by atoms with Gasteiger partial charge < -0.3 is 14.7 Å². The van der Waals surface area contributed by atoms with Crippen molar-refractivity contribution < 1.29 is 19.4 Å². The summed E-state index contributed by atoms with van der Waals surface area (Å²) in [4.78, 5) is 24.9. The van der Waals surface area contributed by atoms with E-state index >= 15 is 0 Å². The maximum absolute atomic E-state index is 11.9. The number of hydrogen-bond donors (Lipinski definition) is 1. The lowest BCUT2D eigenvalue weighted by Crippen LogP contribution is -2.38. The number of nitrogens with zero attached hydrogens (tertiary/aromatic N) is 1. The van der Waals surface area contributed by atoms with Gasteiger partial charge in [0.25, 0.3) is 0 Å². The van der Waals surface area contributed by atoms with Crippen LogP contribution in [0.3, 0.4) is 0 Å². The summed E-state index contributed by atoms with van der Waals surface area (Å²) in [7, 11) is 0. The molecule has 0 saturated carbocycles. The number of piperidine rings is 1. The molecular weight excluding hydrogens is 282 g/mol. The fourth-order valence-corrected chi connectivity index (χ4v) is 2.82. The number of carbonyl (C=O) groups excluding carboxylic acids is 1. The van der Waals surface area contributed by atoms with Gasteiger partial charge in [-0.3, -0.25) is 0 Å². The summed E-state index contributed by atoms with van der Waals surface area (Å²) in [5.74, 6) is -0.705. The van der Waals surface area contributed by atoms with Gasteiger partial charge in [0.1, 0.15) is 0 Å². The number of likely N-dealkylation sites (tertiary alicyclic amines) is 1. The number of amides is 1. The topological polar surface area (TPSA) is 66.8 Å². The molecule has 0 aromatic heterocycles. The Bertz CT molecular complexity index is 521. The fraction of sp³-hybridized carbons (Fsp3) is 0.529.